The van der Waals surface area contributed by atoms with Crippen LogP contribution in [0.2, 0.25) is 0 Å². The minimum atomic E-state index is -0.388. The topological polar surface area (TPSA) is 108 Å². The fourth-order valence-corrected chi connectivity index (χ4v) is 4.65. The van der Waals surface area contributed by atoms with Gasteiger partial charge in [-0.1, -0.05) is 12.1 Å². The SMILES string of the molecule is CCOc1ccc(-c2nnc(C3CC(NC(=O)c4ccc5cccnc5n4)C3)n2-c2ccccc2F)nc1. The largest absolute Gasteiger partial charge is 0.492 e. The first-order valence-corrected chi connectivity index (χ1v) is 12.4. The lowest BCUT2D eigenvalue weighted by atomic mass is 9.79. The van der Waals surface area contributed by atoms with Crippen molar-refractivity contribution < 1.29 is 13.9 Å². The molecule has 9 nitrogen and oxygen atoms in total. The average molecular weight is 510 g/mol. The number of nitrogens with zero attached hydrogens (tertiary/aromatic N) is 6. The molecule has 1 aliphatic carbocycles. The lowest BCUT2D eigenvalue weighted by Crippen LogP contribution is -2.44. The van der Waals surface area contributed by atoms with Gasteiger partial charge < -0.3 is 10.1 Å². The van der Waals surface area contributed by atoms with Gasteiger partial charge in [0.2, 0.25) is 0 Å². The molecule has 0 radical (unpaired) electrons. The van der Waals surface area contributed by atoms with E-state index in [2.05, 4.69) is 30.5 Å². The van der Waals surface area contributed by atoms with Gasteiger partial charge in [-0.25, -0.2) is 19.3 Å². The third-order valence-electron chi connectivity index (χ3n) is 6.59. The van der Waals surface area contributed by atoms with Crippen LogP contribution in [-0.2, 0) is 0 Å². The highest BCUT2D eigenvalue weighted by Gasteiger charge is 2.36. The van der Waals surface area contributed by atoms with E-state index in [0.717, 1.165) is 5.39 Å². The van der Waals surface area contributed by atoms with Gasteiger partial charge in [-0.15, -0.1) is 10.2 Å². The van der Waals surface area contributed by atoms with Gasteiger partial charge in [0.25, 0.3) is 5.91 Å². The first-order valence-electron chi connectivity index (χ1n) is 12.4. The number of hydrogen-bond donors (Lipinski definition) is 1. The molecular weight excluding hydrogens is 485 g/mol. The van der Waals surface area contributed by atoms with Crippen molar-refractivity contribution in [3.63, 3.8) is 0 Å². The maximum Gasteiger partial charge on any atom is 0.270 e. The van der Waals surface area contributed by atoms with Crippen LogP contribution in [0.5, 0.6) is 5.75 Å². The summed E-state index contributed by atoms with van der Waals surface area (Å²) in [6, 6.07) is 17.3. The Kier molecular flexibility index (Phi) is 6.20. The van der Waals surface area contributed by atoms with E-state index >= 15 is 0 Å². The van der Waals surface area contributed by atoms with Crippen molar-refractivity contribution in [1.82, 2.24) is 35.0 Å². The molecule has 0 atom stereocenters. The highest BCUT2D eigenvalue weighted by molar-refractivity contribution is 5.94. The Hall–Kier alpha value is -4.73. The molecule has 1 amide bonds. The molecular formula is C28H24FN7O2. The molecule has 190 valence electrons. The lowest BCUT2D eigenvalue weighted by molar-refractivity contribution is 0.0902. The van der Waals surface area contributed by atoms with E-state index in [1.807, 2.05) is 25.1 Å². The Bertz CT molecular complexity index is 1610. The predicted molar refractivity (Wildman–Crippen MR) is 138 cm³/mol. The molecule has 0 saturated heterocycles. The van der Waals surface area contributed by atoms with E-state index in [4.69, 9.17) is 4.74 Å². The van der Waals surface area contributed by atoms with Crippen LogP contribution in [0.1, 0.15) is 42.0 Å². The van der Waals surface area contributed by atoms with Crippen molar-refractivity contribution in [1.29, 1.82) is 0 Å². The number of hydrogen-bond acceptors (Lipinski definition) is 7. The standard InChI is InChI=1S/C28H24FN7O2/c1-2-38-20-10-12-22(31-16-20)27-35-34-26(36(27)24-8-4-3-7-21(24)29)18-14-19(15-18)32-28(37)23-11-9-17-6-5-13-30-25(17)33-23/h3-13,16,18-19H,2,14-15H2,1H3,(H,32,37). The molecule has 4 heterocycles. The van der Waals surface area contributed by atoms with E-state index in [1.165, 1.54) is 6.07 Å². The van der Waals surface area contributed by atoms with Crippen molar-refractivity contribution in [3.8, 4) is 23.0 Å². The maximum atomic E-state index is 14.9. The monoisotopic (exact) mass is 509 g/mol. The van der Waals surface area contributed by atoms with Crippen LogP contribution in [0.3, 0.4) is 0 Å². The number of ether oxygens (including phenoxy) is 1. The Labute approximate surface area is 217 Å². The summed E-state index contributed by atoms with van der Waals surface area (Å²) >= 11 is 0. The summed E-state index contributed by atoms with van der Waals surface area (Å²) in [6.45, 7) is 2.43. The fourth-order valence-electron chi connectivity index (χ4n) is 4.65. The number of rotatable bonds is 7. The molecule has 0 unspecified atom stereocenters. The molecule has 38 heavy (non-hydrogen) atoms. The second-order valence-corrected chi connectivity index (χ2v) is 9.07. The quantitative estimate of drug-likeness (QED) is 0.345. The van der Waals surface area contributed by atoms with Crippen molar-refractivity contribution in [2.75, 3.05) is 6.61 Å². The zero-order chi connectivity index (χ0) is 26.1. The van der Waals surface area contributed by atoms with Gasteiger partial charge in [0.1, 0.15) is 28.8 Å². The summed E-state index contributed by atoms with van der Waals surface area (Å²) in [6.07, 6.45) is 4.54. The summed E-state index contributed by atoms with van der Waals surface area (Å²) in [7, 11) is 0. The lowest BCUT2D eigenvalue weighted by Gasteiger charge is -2.35. The van der Waals surface area contributed by atoms with Crippen LogP contribution < -0.4 is 10.1 Å². The number of carbonyl (C=O) groups is 1. The van der Waals surface area contributed by atoms with Crippen molar-refractivity contribution in [2.24, 2.45) is 0 Å². The molecule has 0 spiro atoms. The molecule has 1 fully saturated rings. The number of fused-ring (bicyclic) bond motifs is 1. The minimum absolute atomic E-state index is 0.0184. The fraction of sp³-hybridized carbons (Fsp3) is 0.214. The number of halogens is 1. The Morgan fingerprint density at radius 2 is 1.92 bits per heavy atom. The normalized spacial score (nSPS) is 16.7. The summed E-state index contributed by atoms with van der Waals surface area (Å²) < 4.78 is 22.1. The molecule has 1 aromatic carbocycles. The molecule has 1 aliphatic rings. The molecule has 10 heteroatoms. The number of pyridine rings is 3. The van der Waals surface area contributed by atoms with Gasteiger partial charge in [-0.05, 0) is 68.3 Å². The summed E-state index contributed by atoms with van der Waals surface area (Å²) in [5.74, 6) is 1.04. The number of para-hydroxylation sites is 1. The molecule has 6 rings (SSSR count). The number of nitrogens with one attached hydrogen (secondary N) is 1. The third kappa shape index (κ3) is 4.45. The van der Waals surface area contributed by atoms with Crippen LogP contribution in [0, 0.1) is 5.82 Å². The first-order chi connectivity index (χ1) is 18.6. The van der Waals surface area contributed by atoms with E-state index < -0.39 is 0 Å². The number of amides is 1. The zero-order valence-electron chi connectivity index (χ0n) is 20.6. The minimum Gasteiger partial charge on any atom is -0.492 e. The summed E-state index contributed by atoms with van der Waals surface area (Å²) in [5, 5.41) is 12.7. The van der Waals surface area contributed by atoms with E-state index in [9.17, 15) is 9.18 Å². The second kappa shape index (κ2) is 9.97. The van der Waals surface area contributed by atoms with E-state index in [1.54, 1.807) is 53.4 Å². The molecule has 4 aromatic heterocycles. The summed E-state index contributed by atoms with van der Waals surface area (Å²) in [5.41, 5.74) is 1.74. The highest BCUT2D eigenvalue weighted by Crippen LogP contribution is 2.39. The van der Waals surface area contributed by atoms with Crippen LogP contribution in [0.15, 0.2) is 73.1 Å². The third-order valence-corrected chi connectivity index (χ3v) is 6.59. The Morgan fingerprint density at radius 3 is 2.71 bits per heavy atom. The Balaban J connectivity index is 1.23. The molecule has 5 aromatic rings. The zero-order valence-corrected chi connectivity index (χ0v) is 20.6. The predicted octanol–water partition coefficient (Wildman–Crippen LogP) is 4.49. The highest BCUT2D eigenvalue weighted by atomic mass is 19.1. The summed E-state index contributed by atoms with van der Waals surface area (Å²) in [4.78, 5) is 25.9. The smallest absolute Gasteiger partial charge is 0.270 e. The molecule has 1 saturated carbocycles. The molecule has 0 aliphatic heterocycles. The van der Waals surface area contributed by atoms with Gasteiger partial charge >= 0.3 is 0 Å². The van der Waals surface area contributed by atoms with E-state index in [0.29, 0.717) is 59.6 Å². The van der Waals surface area contributed by atoms with Crippen molar-refractivity contribution in [2.45, 2.75) is 31.7 Å². The van der Waals surface area contributed by atoms with Crippen LogP contribution in [0.4, 0.5) is 4.39 Å². The second-order valence-electron chi connectivity index (χ2n) is 9.07. The number of carbonyl (C=O) groups excluding carboxylic acids is 1. The maximum absolute atomic E-state index is 14.9. The van der Waals surface area contributed by atoms with Crippen molar-refractivity contribution >= 4 is 16.9 Å². The van der Waals surface area contributed by atoms with Gasteiger partial charge in [-0.2, -0.15) is 0 Å². The van der Waals surface area contributed by atoms with Crippen LogP contribution in [0.25, 0.3) is 28.2 Å². The van der Waals surface area contributed by atoms with Gasteiger partial charge in [0, 0.05) is 23.5 Å². The molecule has 0 bridgehead atoms. The van der Waals surface area contributed by atoms with E-state index in [-0.39, 0.29) is 23.7 Å². The van der Waals surface area contributed by atoms with Crippen LogP contribution >= 0.6 is 0 Å². The first kappa shape index (κ1) is 23.7. The van der Waals surface area contributed by atoms with Gasteiger partial charge in [0.15, 0.2) is 11.5 Å². The van der Waals surface area contributed by atoms with Gasteiger partial charge in [0.05, 0.1) is 18.5 Å². The van der Waals surface area contributed by atoms with Crippen LogP contribution in [-0.4, -0.2) is 48.3 Å². The average Bonchev–Trinajstić information content (AvgIpc) is 3.35. The van der Waals surface area contributed by atoms with Crippen molar-refractivity contribution in [3.05, 3.63) is 90.4 Å². The molecule has 1 N–H and O–H groups in total. The Morgan fingerprint density at radius 1 is 1.05 bits per heavy atom. The van der Waals surface area contributed by atoms with Gasteiger partial charge in [-0.3, -0.25) is 9.36 Å². The number of aromatic nitrogens is 6. The number of benzene rings is 1.